The van der Waals surface area contributed by atoms with E-state index in [2.05, 4.69) is 30.7 Å². The van der Waals surface area contributed by atoms with Crippen molar-refractivity contribution >= 4 is 41.7 Å². The maximum Gasteiger partial charge on any atom is 0.191 e. The third kappa shape index (κ3) is 4.63. The molecule has 2 atom stereocenters. The van der Waals surface area contributed by atoms with E-state index in [1.165, 1.54) is 19.3 Å². The van der Waals surface area contributed by atoms with Crippen LogP contribution >= 0.6 is 35.7 Å². The summed E-state index contributed by atoms with van der Waals surface area (Å²) in [7, 11) is 0. The molecule has 0 aromatic carbocycles. The maximum atomic E-state index is 5.98. The standard InChI is InChI=1S/C19H35N3O2S.HI/c1-4-20-17(21-14-18(25-3)9-11-23-12-10-18)22-15-13-16(24-5-2)19(15)7-6-8-19;/h15-16H,4-14H2,1-3H3,(H2,20,21,22);1H. The number of nitrogens with zero attached hydrogens (tertiary/aromatic N) is 1. The fourth-order valence-corrected chi connectivity index (χ4v) is 5.29. The SMILES string of the molecule is CCNC(=NCC1(SC)CCOCC1)NC1CC(OCC)C12CCC2.I. The van der Waals surface area contributed by atoms with Crippen molar-refractivity contribution in [2.75, 3.05) is 39.2 Å². The Kier molecular flexibility index (Phi) is 8.82. The second-order valence-corrected chi connectivity index (χ2v) is 8.93. The Labute approximate surface area is 180 Å². The highest BCUT2D eigenvalue weighted by Crippen LogP contribution is 2.57. The topological polar surface area (TPSA) is 54.9 Å². The van der Waals surface area contributed by atoms with E-state index in [9.17, 15) is 0 Å². The van der Waals surface area contributed by atoms with Gasteiger partial charge in [0.1, 0.15) is 0 Å². The number of nitrogens with one attached hydrogen (secondary N) is 2. The maximum absolute atomic E-state index is 5.98. The molecule has 3 rings (SSSR count). The molecule has 5 nitrogen and oxygen atoms in total. The van der Waals surface area contributed by atoms with Crippen molar-refractivity contribution in [1.29, 1.82) is 0 Å². The molecule has 0 aromatic rings. The first-order chi connectivity index (χ1) is 12.2. The van der Waals surface area contributed by atoms with Gasteiger partial charge in [-0.25, -0.2) is 0 Å². The van der Waals surface area contributed by atoms with Crippen LogP contribution < -0.4 is 10.6 Å². The van der Waals surface area contributed by atoms with Crippen molar-refractivity contribution in [1.82, 2.24) is 10.6 Å². The molecule has 2 aliphatic carbocycles. The van der Waals surface area contributed by atoms with Crippen LogP contribution in [0, 0.1) is 5.41 Å². The lowest BCUT2D eigenvalue weighted by molar-refractivity contribution is -0.168. The van der Waals surface area contributed by atoms with E-state index < -0.39 is 0 Å². The van der Waals surface area contributed by atoms with Gasteiger partial charge in [0.15, 0.2) is 5.96 Å². The molecular formula is C19H36IN3O2S. The van der Waals surface area contributed by atoms with Crippen molar-refractivity contribution in [2.24, 2.45) is 10.4 Å². The molecule has 26 heavy (non-hydrogen) atoms. The number of aliphatic imine (C=N–C) groups is 1. The molecule has 1 saturated heterocycles. The number of ether oxygens (including phenoxy) is 2. The van der Waals surface area contributed by atoms with E-state index in [1.807, 2.05) is 11.8 Å². The molecule has 7 heteroatoms. The summed E-state index contributed by atoms with van der Waals surface area (Å²) in [6.07, 6.45) is 9.88. The summed E-state index contributed by atoms with van der Waals surface area (Å²) in [5, 5.41) is 7.19. The number of hydrogen-bond acceptors (Lipinski definition) is 4. The Balaban J connectivity index is 0.00000243. The van der Waals surface area contributed by atoms with Gasteiger partial charge in [-0.05, 0) is 52.2 Å². The lowest BCUT2D eigenvalue weighted by Gasteiger charge is -2.61. The molecule has 3 fully saturated rings. The molecule has 0 radical (unpaired) electrons. The molecule has 0 bridgehead atoms. The van der Waals surface area contributed by atoms with Gasteiger partial charge in [-0.3, -0.25) is 4.99 Å². The Morgan fingerprint density at radius 2 is 1.96 bits per heavy atom. The van der Waals surface area contributed by atoms with Crippen molar-refractivity contribution in [3.63, 3.8) is 0 Å². The van der Waals surface area contributed by atoms with Gasteiger partial charge in [-0.15, -0.1) is 24.0 Å². The lowest BCUT2D eigenvalue weighted by atomic mass is 9.51. The summed E-state index contributed by atoms with van der Waals surface area (Å²) in [5.74, 6) is 0.980. The van der Waals surface area contributed by atoms with Crippen LogP contribution in [0.3, 0.4) is 0 Å². The molecule has 1 spiro atoms. The van der Waals surface area contributed by atoms with E-state index in [-0.39, 0.29) is 28.7 Å². The van der Waals surface area contributed by atoms with Crippen molar-refractivity contribution in [2.45, 2.75) is 69.3 Å². The molecule has 2 N–H and O–H groups in total. The van der Waals surface area contributed by atoms with Gasteiger partial charge in [0.25, 0.3) is 0 Å². The zero-order valence-corrected chi connectivity index (χ0v) is 19.7. The fourth-order valence-electron chi connectivity index (χ4n) is 4.52. The van der Waals surface area contributed by atoms with E-state index in [1.54, 1.807) is 0 Å². The summed E-state index contributed by atoms with van der Waals surface area (Å²) >= 11 is 1.95. The second kappa shape index (κ2) is 10.2. The van der Waals surface area contributed by atoms with Crippen LogP contribution in [0.5, 0.6) is 0 Å². The van der Waals surface area contributed by atoms with Gasteiger partial charge in [0, 0.05) is 42.6 Å². The fraction of sp³-hybridized carbons (Fsp3) is 0.947. The second-order valence-electron chi connectivity index (χ2n) is 7.66. The van der Waals surface area contributed by atoms with Crippen LogP contribution in [0.2, 0.25) is 0 Å². The molecule has 0 aromatic heterocycles. The number of hydrogen-bond donors (Lipinski definition) is 2. The number of guanidine groups is 1. The monoisotopic (exact) mass is 497 g/mol. The first-order valence-electron chi connectivity index (χ1n) is 9.97. The molecule has 3 aliphatic rings. The predicted molar refractivity (Wildman–Crippen MR) is 121 cm³/mol. The van der Waals surface area contributed by atoms with Crippen molar-refractivity contribution in [3.05, 3.63) is 0 Å². The molecular weight excluding hydrogens is 461 g/mol. The summed E-state index contributed by atoms with van der Waals surface area (Å²) in [6, 6.07) is 0.510. The average Bonchev–Trinajstić information content (AvgIpc) is 2.58. The van der Waals surface area contributed by atoms with E-state index in [0.29, 0.717) is 17.6 Å². The predicted octanol–water partition coefficient (Wildman–Crippen LogP) is 3.42. The van der Waals surface area contributed by atoms with Crippen LogP contribution in [0.15, 0.2) is 4.99 Å². The zero-order chi connectivity index (χ0) is 17.8. The van der Waals surface area contributed by atoms with Gasteiger partial charge >= 0.3 is 0 Å². The minimum absolute atomic E-state index is 0. The first-order valence-corrected chi connectivity index (χ1v) is 11.2. The minimum Gasteiger partial charge on any atom is -0.381 e. The van der Waals surface area contributed by atoms with Crippen molar-refractivity contribution in [3.8, 4) is 0 Å². The highest BCUT2D eigenvalue weighted by molar-refractivity contribution is 14.0. The molecule has 0 amide bonds. The highest BCUT2D eigenvalue weighted by Gasteiger charge is 2.59. The molecule has 1 aliphatic heterocycles. The normalized spacial score (nSPS) is 29.3. The van der Waals surface area contributed by atoms with E-state index in [0.717, 1.165) is 58.1 Å². The molecule has 152 valence electrons. The molecule has 1 heterocycles. The Bertz CT molecular complexity index is 468. The summed E-state index contributed by atoms with van der Waals surface area (Å²) < 4.78 is 11.8. The van der Waals surface area contributed by atoms with E-state index >= 15 is 0 Å². The van der Waals surface area contributed by atoms with E-state index in [4.69, 9.17) is 14.5 Å². The lowest BCUT2D eigenvalue weighted by Crippen LogP contribution is -2.68. The molecule has 2 saturated carbocycles. The van der Waals surface area contributed by atoms with Crippen LogP contribution in [-0.4, -0.2) is 62.0 Å². The minimum atomic E-state index is 0. The van der Waals surface area contributed by atoms with Crippen molar-refractivity contribution < 1.29 is 9.47 Å². The Hall–Kier alpha value is 0.270. The van der Waals surface area contributed by atoms with Gasteiger partial charge in [-0.1, -0.05) is 6.42 Å². The smallest absolute Gasteiger partial charge is 0.191 e. The Morgan fingerprint density at radius 3 is 2.50 bits per heavy atom. The van der Waals surface area contributed by atoms with Gasteiger partial charge < -0.3 is 20.1 Å². The Morgan fingerprint density at radius 1 is 1.23 bits per heavy atom. The van der Waals surface area contributed by atoms with Crippen LogP contribution in [-0.2, 0) is 9.47 Å². The van der Waals surface area contributed by atoms with Crippen LogP contribution in [0.4, 0.5) is 0 Å². The third-order valence-electron chi connectivity index (χ3n) is 6.45. The average molecular weight is 497 g/mol. The highest BCUT2D eigenvalue weighted by atomic mass is 127. The summed E-state index contributed by atoms with van der Waals surface area (Å²) in [5.41, 5.74) is 0.363. The molecule has 2 unspecified atom stereocenters. The summed E-state index contributed by atoms with van der Waals surface area (Å²) in [4.78, 5) is 4.97. The van der Waals surface area contributed by atoms with Crippen LogP contribution in [0.1, 0.15) is 52.4 Å². The third-order valence-corrected chi connectivity index (χ3v) is 7.86. The largest absolute Gasteiger partial charge is 0.381 e. The van der Waals surface area contributed by atoms with Gasteiger partial charge in [-0.2, -0.15) is 11.8 Å². The summed E-state index contributed by atoms with van der Waals surface area (Å²) in [6.45, 7) is 8.56. The zero-order valence-electron chi connectivity index (χ0n) is 16.5. The number of rotatable bonds is 7. The first kappa shape index (κ1) is 22.6. The van der Waals surface area contributed by atoms with Crippen LogP contribution in [0.25, 0.3) is 0 Å². The number of halogens is 1. The van der Waals surface area contributed by atoms with Gasteiger partial charge in [0.05, 0.1) is 12.6 Å². The quantitative estimate of drug-likeness (QED) is 0.321. The number of thioether (sulfide) groups is 1. The van der Waals surface area contributed by atoms with Gasteiger partial charge in [0.2, 0.25) is 0 Å².